The third-order valence-electron chi connectivity index (χ3n) is 9.86. The fourth-order valence-electron chi connectivity index (χ4n) is 7.50. The molecule has 0 spiro atoms. The van der Waals surface area contributed by atoms with Gasteiger partial charge < -0.3 is 9.32 Å². The summed E-state index contributed by atoms with van der Waals surface area (Å²) < 4.78 is 6.39. The van der Waals surface area contributed by atoms with Crippen LogP contribution in [0.1, 0.15) is 25.0 Å². The molecule has 0 aliphatic heterocycles. The van der Waals surface area contributed by atoms with Gasteiger partial charge in [0.1, 0.15) is 11.2 Å². The van der Waals surface area contributed by atoms with E-state index < -0.39 is 0 Å². The molecule has 8 aromatic rings. The van der Waals surface area contributed by atoms with Crippen molar-refractivity contribution in [1.82, 2.24) is 0 Å². The minimum absolute atomic E-state index is 0.188. The quantitative estimate of drug-likeness (QED) is 0.195. The molecule has 0 saturated heterocycles. The number of fused-ring (bicyclic) bond motifs is 6. The lowest BCUT2D eigenvalue weighted by molar-refractivity contribution is 0.660. The molecule has 0 radical (unpaired) electrons. The molecular formula is C45H33NO. The lowest BCUT2D eigenvalue weighted by Crippen LogP contribution is -2.16. The van der Waals surface area contributed by atoms with Gasteiger partial charge in [-0.25, -0.2) is 0 Å². The molecule has 224 valence electrons. The molecule has 2 heteroatoms. The monoisotopic (exact) mass is 603 g/mol. The first kappa shape index (κ1) is 27.5. The number of benzene rings is 7. The molecule has 1 heterocycles. The van der Waals surface area contributed by atoms with Crippen molar-refractivity contribution in [3.05, 3.63) is 175 Å². The predicted octanol–water partition coefficient (Wildman–Crippen LogP) is 12.7. The number of para-hydroxylation sites is 3. The van der Waals surface area contributed by atoms with E-state index in [1.807, 2.05) is 6.07 Å². The summed E-state index contributed by atoms with van der Waals surface area (Å²) in [4.78, 5) is 2.35. The second kappa shape index (κ2) is 10.6. The Hall–Kier alpha value is -5.86. The number of hydrogen-bond acceptors (Lipinski definition) is 2. The maximum absolute atomic E-state index is 6.39. The number of furan rings is 1. The highest BCUT2D eigenvalue weighted by Crippen LogP contribution is 2.52. The molecule has 0 amide bonds. The Morgan fingerprint density at radius 2 is 0.979 bits per heavy atom. The SMILES string of the molecule is CC1(C)c2cc(-c3cc4oc5ccccc5c4cc3-c3ccccc3)ccc2-c2ccc(N(c3ccccc3)c3ccccc3)cc21. The van der Waals surface area contributed by atoms with E-state index >= 15 is 0 Å². The van der Waals surface area contributed by atoms with E-state index in [4.69, 9.17) is 4.42 Å². The molecule has 0 saturated carbocycles. The molecule has 0 fully saturated rings. The van der Waals surface area contributed by atoms with E-state index in [0.717, 1.165) is 39.0 Å². The van der Waals surface area contributed by atoms with Gasteiger partial charge in [0.05, 0.1) is 0 Å². The molecule has 7 aromatic carbocycles. The summed E-state index contributed by atoms with van der Waals surface area (Å²) in [6.45, 7) is 4.72. The molecule has 0 atom stereocenters. The Morgan fingerprint density at radius 3 is 1.68 bits per heavy atom. The molecule has 0 N–H and O–H groups in total. The lowest BCUT2D eigenvalue weighted by atomic mass is 9.81. The zero-order valence-corrected chi connectivity index (χ0v) is 26.4. The smallest absolute Gasteiger partial charge is 0.136 e. The van der Waals surface area contributed by atoms with Gasteiger partial charge in [0.25, 0.3) is 0 Å². The molecule has 1 aromatic heterocycles. The molecule has 2 nitrogen and oxygen atoms in total. The van der Waals surface area contributed by atoms with Crippen molar-refractivity contribution in [2.45, 2.75) is 19.3 Å². The van der Waals surface area contributed by atoms with Crippen LogP contribution in [-0.4, -0.2) is 0 Å². The van der Waals surface area contributed by atoms with Gasteiger partial charge in [-0.2, -0.15) is 0 Å². The molecule has 1 aliphatic rings. The van der Waals surface area contributed by atoms with E-state index in [2.05, 4.69) is 176 Å². The zero-order chi connectivity index (χ0) is 31.5. The van der Waals surface area contributed by atoms with E-state index in [1.165, 1.54) is 44.5 Å². The van der Waals surface area contributed by atoms with Crippen molar-refractivity contribution < 1.29 is 4.42 Å². The fourth-order valence-corrected chi connectivity index (χ4v) is 7.50. The van der Waals surface area contributed by atoms with Crippen LogP contribution >= 0.6 is 0 Å². The van der Waals surface area contributed by atoms with Crippen LogP contribution in [0.2, 0.25) is 0 Å². The van der Waals surface area contributed by atoms with Crippen LogP contribution in [0.25, 0.3) is 55.3 Å². The third kappa shape index (κ3) is 4.40. The van der Waals surface area contributed by atoms with Crippen LogP contribution in [-0.2, 0) is 5.41 Å². The summed E-state index contributed by atoms with van der Waals surface area (Å²) in [6, 6.07) is 58.8. The van der Waals surface area contributed by atoms with Gasteiger partial charge in [-0.15, -0.1) is 0 Å². The highest BCUT2D eigenvalue weighted by molar-refractivity contribution is 6.09. The van der Waals surface area contributed by atoms with Crippen LogP contribution in [0.15, 0.2) is 168 Å². The summed E-state index contributed by atoms with van der Waals surface area (Å²) in [7, 11) is 0. The highest BCUT2D eigenvalue weighted by atomic mass is 16.3. The Kier molecular flexibility index (Phi) is 6.20. The average molecular weight is 604 g/mol. The maximum Gasteiger partial charge on any atom is 0.136 e. The summed E-state index contributed by atoms with van der Waals surface area (Å²) in [6.07, 6.45) is 0. The van der Waals surface area contributed by atoms with Gasteiger partial charge in [-0.1, -0.05) is 117 Å². The van der Waals surface area contributed by atoms with Crippen molar-refractivity contribution in [1.29, 1.82) is 0 Å². The lowest BCUT2D eigenvalue weighted by Gasteiger charge is -2.28. The second-order valence-corrected chi connectivity index (χ2v) is 13.0. The van der Waals surface area contributed by atoms with Crippen molar-refractivity contribution in [3.8, 4) is 33.4 Å². The first-order valence-electron chi connectivity index (χ1n) is 16.3. The van der Waals surface area contributed by atoms with Crippen molar-refractivity contribution >= 4 is 39.0 Å². The molecule has 0 unspecified atom stereocenters. The Morgan fingerprint density at radius 1 is 0.404 bits per heavy atom. The van der Waals surface area contributed by atoms with Gasteiger partial charge in [0, 0.05) is 33.2 Å². The van der Waals surface area contributed by atoms with Crippen molar-refractivity contribution in [3.63, 3.8) is 0 Å². The number of hydrogen-bond donors (Lipinski definition) is 0. The minimum atomic E-state index is -0.188. The van der Waals surface area contributed by atoms with Gasteiger partial charge in [-0.05, 0) is 105 Å². The summed E-state index contributed by atoms with van der Waals surface area (Å²) in [5.74, 6) is 0. The van der Waals surface area contributed by atoms with Gasteiger partial charge in [-0.3, -0.25) is 0 Å². The predicted molar refractivity (Wildman–Crippen MR) is 197 cm³/mol. The van der Waals surface area contributed by atoms with Crippen LogP contribution in [0.5, 0.6) is 0 Å². The maximum atomic E-state index is 6.39. The van der Waals surface area contributed by atoms with Crippen LogP contribution in [0.4, 0.5) is 17.1 Å². The third-order valence-corrected chi connectivity index (χ3v) is 9.86. The average Bonchev–Trinajstić information content (AvgIpc) is 3.60. The summed E-state index contributed by atoms with van der Waals surface area (Å²) >= 11 is 0. The van der Waals surface area contributed by atoms with Crippen molar-refractivity contribution in [2.75, 3.05) is 4.90 Å². The topological polar surface area (TPSA) is 16.4 Å². The summed E-state index contributed by atoms with van der Waals surface area (Å²) in [5.41, 5.74) is 15.2. The Bertz CT molecular complexity index is 2380. The van der Waals surface area contributed by atoms with E-state index in [1.54, 1.807) is 0 Å². The largest absolute Gasteiger partial charge is 0.456 e. The molecule has 47 heavy (non-hydrogen) atoms. The van der Waals surface area contributed by atoms with Crippen molar-refractivity contribution in [2.24, 2.45) is 0 Å². The van der Waals surface area contributed by atoms with Crippen LogP contribution in [0.3, 0.4) is 0 Å². The summed E-state index contributed by atoms with van der Waals surface area (Å²) in [5, 5.41) is 2.29. The van der Waals surface area contributed by atoms with E-state index in [0.29, 0.717) is 0 Å². The normalized spacial score (nSPS) is 13.1. The molecular weight excluding hydrogens is 571 g/mol. The standard InChI is InChI=1S/C45H33NO/c1-45(2)41-26-31(39-29-44-40(37-20-12-13-21-43(37)47-44)28-38(39)30-14-6-3-7-15-30)22-24-35(41)36-25-23-34(27-42(36)45)46(32-16-8-4-9-17-32)33-18-10-5-11-19-33/h3-29H,1-2H3. The highest BCUT2D eigenvalue weighted by Gasteiger charge is 2.36. The van der Waals surface area contributed by atoms with E-state index in [-0.39, 0.29) is 5.41 Å². The van der Waals surface area contributed by atoms with Crippen LogP contribution in [0, 0.1) is 0 Å². The first-order chi connectivity index (χ1) is 23.1. The molecule has 0 bridgehead atoms. The van der Waals surface area contributed by atoms with Gasteiger partial charge in [0.15, 0.2) is 0 Å². The number of rotatable bonds is 5. The minimum Gasteiger partial charge on any atom is -0.456 e. The van der Waals surface area contributed by atoms with Crippen LogP contribution < -0.4 is 4.90 Å². The fraction of sp³-hybridized carbons (Fsp3) is 0.0667. The molecule has 1 aliphatic carbocycles. The van der Waals surface area contributed by atoms with Gasteiger partial charge in [0.2, 0.25) is 0 Å². The Labute approximate surface area is 275 Å². The number of nitrogens with zero attached hydrogens (tertiary/aromatic N) is 1. The Balaban J connectivity index is 1.19. The second-order valence-electron chi connectivity index (χ2n) is 13.0. The van der Waals surface area contributed by atoms with Gasteiger partial charge >= 0.3 is 0 Å². The van der Waals surface area contributed by atoms with E-state index in [9.17, 15) is 0 Å². The zero-order valence-electron chi connectivity index (χ0n) is 26.4. The first-order valence-corrected chi connectivity index (χ1v) is 16.3. The number of anilines is 3. The molecule has 9 rings (SSSR count).